The number of hydrogen-bond acceptors (Lipinski definition) is 4. The molecule has 1 fully saturated rings. The van der Waals surface area contributed by atoms with Gasteiger partial charge in [-0.1, -0.05) is 12.1 Å². The number of aromatic nitrogens is 1. The number of para-hydroxylation sites is 2. The second-order valence-corrected chi connectivity index (χ2v) is 7.32. The summed E-state index contributed by atoms with van der Waals surface area (Å²) in [7, 11) is 1.77. The molecule has 3 heterocycles. The van der Waals surface area contributed by atoms with Gasteiger partial charge in [0.1, 0.15) is 12.4 Å². The first-order valence-electron chi connectivity index (χ1n) is 9.53. The maximum Gasteiger partial charge on any atom is 0.250 e. The zero-order chi connectivity index (χ0) is 18.8. The summed E-state index contributed by atoms with van der Waals surface area (Å²) < 4.78 is 7.23. The van der Waals surface area contributed by atoms with Crippen LogP contribution in [-0.2, 0) is 11.8 Å². The summed E-state index contributed by atoms with van der Waals surface area (Å²) in [6.07, 6.45) is 3.78. The third-order valence-electron chi connectivity index (χ3n) is 5.58. The number of carbonyl (C=O) groups excluding carboxylic acids is 1. The monoisotopic (exact) mass is 367 g/mol. The van der Waals surface area contributed by atoms with Crippen molar-refractivity contribution in [3.8, 4) is 5.75 Å². The number of hydrogen-bond donors (Lipinski definition) is 0. The quantitative estimate of drug-likeness (QED) is 0.833. The number of rotatable bonds is 3. The van der Waals surface area contributed by atoms with Gasteiger partial charge in [-0.3, -0.25) is 14.5 Å². The molecule has 0 radical (unpaired) electrons. The number of carbonyl (C=O) groups is 1. The molecule has 6 nitrogen and oxygen atoms in total. The molecule has 2 aliphatic heterocycles. The molecule has 0 unspecified atom stereocenters. The van der Waals surface area contributed by atoms with Gasteiger partial charge in [0.15, 0.2) is 0 Å². The molecule has 0 bridgehead atoms. The summed E-state index contributed by atoms with van der Waals surface area (Å²) >= 11 is 0. The molecular formula is C21H25N3O3. The van der Waals surface area contributed by atoms with Crippen molar-refractivity contribution < 1.29 is 9.53 Å². The summed E-state index contributed by atoms with van der Waals surface area (Å²) in [6, 6.07) is 11.5. The number of likely N-dealkylation sites (tertiary alicyclic amines) is 1. The van der Waals surface area contributed by atoms with Gasteiger partial charge in [-0.25, -0.2) is 0 Å². The topological polar surface area (TPSA) is 54.8 Å². The number of aryl methyl sites for hydroxylation is 1. The lowest BCUT2D eigenvalue weighted by Crippen LogP contribution is -2.46. The fraction of sp³-hybridized carbons (Fsp3) is 0.429. The normalized spacial score (nSPS) is 18.0. The van der Waals surface area contributed by atoms with Gasteiger partial charge in [0.25, 0.3) is 5.56 Å². The fourth-order valence-corrected chi connectivity index (χ4v) is 3.95. The van der Waals surface area contributed by atoms with Crippen LogP contribution in [0.4, 0.5) is 5.69 Å². The maximum absolute atomic E-state index is 12.8. The van der Waals surface area contributed by atoms with E-state index in [0.29, 0.717) is 25.6 Å². The van der Waals surface area contributed by atoms with Crippen LogP contribution in [0.25, 0.3) is 0 Å². The summed E-state index contributed by atoms with van der Waals surface area (Å²) in [6.45, 7) is 3.31. The fourth-order valence-electron chi connectivity index (χ4n) is 3.95. The van der Waals surface area contributed by atoms with Gasteiger partial charge in [-0.05, 0) is 55.6 Å². The van der Waals surface area contributed by atoms with Gasteiger partial charge < -0.3 is 14.2 Å². The summed E-state index contributed by atoms with van der Waals surface area (Å²) in [5.41, 5.74) is 2.02. The standard InChI is InChI=1S/C21H25N3O3/c1-22-9-6-17(14-20(22)25)16-7-10-23(11-8-16)15-21(26)24-12-13-27-19-5-3-2-4-18(19)24/h2-6,9,14,16H,7-8,10-13,15H2,1H3. The minimum Gasteiger partial charge on any atom is -0.490 e. The minimum atomic E-state index is 0.0380. The molecule has 0 saturated carbocycles. The Kier molecular flexibility index (Phi) is 4.99. The van der Waals surface area contributed by atoms with E-state index in [9.17, 15) is 9.59 Å². The lowest BCUT2D eigenvalue weighted by atomic mass is 9.90. The second-order valence-electron chi connectivity index (χ2n) is 7.32. The van der Waals surface area contributed by atoms with Crippen molar-refractivity contribution in [3.63, 3.8) is 0 Å². The van der Waals surface area contributed by atoms with Crippen LogP contribution in [0.3, 0.4) is 0 Å². The van der Waals surface area contributed by atoms with Gasteiger partial charge in [0, 0.05) is 19.3 Å². The SMILES string of the molecule is Cn1ccc(C2CCN(CC(=O)N3CCOc4ccccc43)CC2)cc1=O. The highest BCUT2D eigenvalue weighted by Crippen LogP contribution is 2.31. The van der Waals surface area contributed by atoms with Crippen molar-refractivity contribution in [1.82, 2.24) is 9.47 Å². The Morgan fingerprint density at radius 1 is 1.15 bits per heavy atom. The van der Waals surface area contributed by atoms with Crippen LogP contribution in [-0.4, -0.2) is 48.2 Å². The predicted octanol–water partition coefficient (Wildman–Crippen LogP) is 1.99. The molecule has 1 saturated heterocycles. The first-order valence-corrected chi connectivity index (χ1v) is 9.53. The molecule has 1 aromatic heterocycles. The van der Waals surface area contributed by atoms with Crippen LogP contribution in [0.1, 0.15) is 24.3 Å². The van der Waals surface area contributed by atoms with E-state index in [1.54, 1.807) is 17.7 Å². The molecule has 27 heavy (non-hydrogen) atoms. The van der Waals surface area contributed by atoms with E-state index in [4.69, 9.17) is 4.74 Å². The van der Waals surface area contributed by atoms with Gasteiger partial charge in [0.05, 0.1) is 18.8 Å². The van der Waals surface area contributed by atoms with Crippen LogP contribution in [0, 0.1) is 0 Å². The van der Waals surface area contributed by atoms with Crippen molar-refractivity contribution in [2.75, 3.05) is 37.7 Å². The van der Waals surface area contributed by atoms with Crippen LogP contribution in [0.5, 0.6) is 5.75 Å². The van der Waals surface area contributed by atoms with Crippen LogP contribution in [0.15, 0.2) is 47.4 Å². The smallest absolute Gasteiger partial charge is 0.250 e. The zero-order valence-electron chi connectivity index (χ0n) is 15.6. The molecule has 4 rings (SSSR count). The molecular weight excluding hydrogens is 342 g/mol. The molecule has 0 atom stereocenters. The molecule has 142 valence electrons. The Balaban J connectivity index is 1.36. The Morgan fingerprint density at radius 3 is 2.70 bits per heavy atom. The summed E-state index contributed by atoms with van der Waals surface area (Å²) in [5, 5.41) is 0. The summed E-state index contributed by atoms with van der Waals surface area (Å²) in [5.74, 6) is 1.30. The largest absolute Gasteiger partial charge is 0.490 e. The van der Waals surface area contributed by atoms with E-state index in [1.165, 1.54) is 0 Å². The highest BCUT2D eigenvalue weighted by Gasteiger charge is 2.27. The van der Waals surface area contributed by atoms with E-state index < -0.39 is 0 Å². The number of fused-ring (bicyclic) bond motifs is 1. The first kappa shape index (κ1) is 17.8. The lowest BCUT2D eigenvalue weighted by molar-refractivity contribution is -0.120. The Morgan fingerprint density at radius 2 is 1.93 bits per heavy atom. The van der Waals surface area contributed by atoms with E-state index in [1.807, 2.05) is 41.4 Å². The number of anilines is 1. The zero-order valence-corrected chi connectivity index (χ0v) is 15.6. The van der Waals surface area contributed by atoms with E-state index in [2.05, 4.69) is 4.90 Å². The average Bonchev–Trinajstić information content (AvgIpc) is 2.70. The Hall–Kier alpha value is -2.60. The lowest BCUT2D eigenvalue weighted by Gasteiger charge is -2.34. The van der Waals surface area contributed by atoms with Crippen molar-refractivity contribution in [2.24, 2.45) is 7.05 Å². The van der Waals surface area contributed by atoms with Gasteiger partial charge >= 0.3 is 0 Å². The number of nitrogens with zero attached hydrogens (tertiary/aromatic N) is 3. The second kappa shape index (κ2) is 7.56. The van der Waals surface area contributed by atoms with E-state index >= 15 is 0 Å². The molecule has 1 aromatic carbocycles. The maximum atomic E-state index is 12.8. The minimum absolute atomic E-state index is 0.0380. The van der Waals surface area contributed by atoms with Crippen molar-refractivity contribution in [2.45, 2.75) is 18.8 Å². The summed E-state index contributed by atoms with van der Waals surface area (Å²) in [4.78, 5) is 28.8. The highest BCUT2D eigenvalue weighted by atomic mass is 16.5. The van der Waals surface area contributed by atoms with Gasteiger partial charge in [0.2, 0.25) is 5.91 Å². The van der Waals surface area contributed by atoms with Crippen molar-refractivity contribution in [3.05, 3.63) is 58.5 Å². The highest BCUT2D eigenvalue weighted by molar-refractivity contribution is 5.96. The number of pyridine rings is 1. The molecule has 0 aliphatic carbocycles. The van der Waals surface area contributed by atoms with Crippen molar-refractivity contribution >= 4 is 11.6 Å². The molecule has 2 aliphatic rings. The molecule has 0 N–H and O–H groups in total. The third kappa shape index (κ3) is 3.76. The van der Waals surface area contributed by atoms with E-state index in [0.717, 1.165) is 42.9 Å². The molecule has 2 aromatic rings. The van der Waals surface area contributed by atoms with E-state index in [-0.39, 0.29) is 11.5 Å². The first-order chi connectivity index (χ1) is 13.1. The predicted molar refractivity (Wildman–Crippen MR) is 104 cm³/mol. The van der Waals surface area contributed by atoms with Crippen LogP contribution in [0.2, 0.25) is 0 Å². The number of piperidine rings is 1. The molecule has 1 amide bonds. The van der Waals surface area contributed by atoms with Crippen molar-refractivity contribution in [1.29, 1.82) is 0 Å². The number of amides is 1. The van der Waals surface area contributed by atoms with Crippen LogP contribution < -0.4 is 15.2 Å². The van der Waals surface area contributed by atoms with Gasteiger partial charge in [-0.15, -0.1) is 0 Å². The van der Waals surface area contributed by atoms with Crippen LogP contribution >= 0.6 is 0 Å². The number of ether oxygens (including phenoxy) is 1. The third-order valence-corrected chi connectivity index (χ3v) is 5.58. The Labute approximate surface area is 159 Å². The molecule has 0 spiro atoms. The van der Waals surface area contributed by atoms with Gasteiger partial charge in [-0.2, -0.15) is 0 Å². The number of benzene rings is 1. The Bertz CT molecular complexity index is 884. The molecule has 6 heteroatoms. The average molecular weight is 367 g/mol.